The third kappa shape index (κ3) is 3.65. The van der Waals surface area contributed by atoms with Crippen molar-refractivity contribution in [3.63, 3.8) is 0 Å². The van der Waals surface area contributed by atoms with Crippen LogP contribution in [0.4, 0.5) is 0 Å². The smallest absolute Gasteiger partial charge is 0.259 e. The maximum Gasteiger partial charge on any atom is 0.259 e. The number of carbonyl (C=O) groups excluding carboxylic acids is 1. The molecule has 1 amide bonds. The molecule has 27 heavy (non-hydrogen) atoms. The molecule has 0 aliphatic carbocycles. The van der Waals surface area contributed by atoms with Gasteiger partial charge < -0.3 is 15.0 Å². The molecule has 3 N–H and O–H groups in total. The van der Waals surface area contributed by atoms with Crippen LogP contribution in [-0.4, -0.2) is 27.4 Å². The van der Waals surface area contributed by atoms with Gasteiger partial charge in [-0.15, -0.1) is 0 Å². The molecule has 0 unspecified atom stereocenters. The summed E-state index contributed by atoms with van der Waals surface area (Å²) in [5.41, 5.74) is 2.61. The quantitative estimate of drug-likeness (QED) is 0.473. The molecule has 3 aromatic rings. The Morgan fingerprint density at radius 1 is 1.30 bits per heavy atom. The molecule has 0 saturated carbocycles. The Morgan fingerprint density at radius 2 is 2.19 bits per heavy atom. The van der Waals surface area contributed by atoms with Crippen molar-refractivity contribution >= 4 is 18.1 Å². The number of nitrogens with one attached hydrogen (secondary N) is 3. The first-order chi connectivity index (χ1) is 13.1. The van der Waals surface area contributed by atoms with Gasteiger partial charge in [0, 0.05) is 30.9 Å². The lowest BCUT2D eigenvalue weighted by Crippen LogP contribution is -2.26. The maximum atomic E-state index is 12.4. The summed E-state index contributed by atoms with van der Waals surface area (Å²) in [5, 5.41) is 2.89. The third-order valence-electron chi connectivity index (χ3n) is 4.33. The first-order valence-electron chi connectivity index (χ1n) is 8.43. The van der Waals surface area contributed by atoms with E-state index in [1.165, 1.54) is 0 Å². The van der Waals surface area contributed by atoms with Crippen LogP contribution in [0.2, 0.25) is 0 Å². The topological polar surface area (TPSA) is 99.9 Å². The van der Waals surface area contributed by atoms with Gasteiger partial charge in [-0.3, -0.25) is 19.6 Å². The van der Waals surface area contributed by atoms with Gasteiger partial charge in [0.15, 0.2) is 4.77 Å². The number of aromatic amines is 2. The van der Waals surface area contributed by atoms with Crippen molar-refractivity contribution in [3.05, 3.63) is 80.1 Å². The second-order valence-electron chi connectivity index (χ2n) is 6.18. The summed E-state index contributed by atoms with van der Waals surface area (Å²) >= 11 is 4.98. The molecule has 0 bridgehead atoms. The molecule has 1 aliphatic heterocycles. The normalized spacial score (nSPS) is 11.9. The molecular weight excluding hydrogens is 364 g/mol. The molecule has 2 aromatic heterocycles. The zero-order chi connectivity index (χ0) is 18.8. The van der Waals surface area contributed by atoms with Crippen LogP contribution in [0.5, 0.6) is 11.6 Å². The molecule has 1 aliphatic rings. The second-order valence-corrected chi connectivity index (χ2v) is 6.59. The number of H-pyrrole nitrogens is 2. The Balaban J connectivity index is 1.48. The number of rotatable bonds is 4. The molecule has 4 rings (SSSR count). The van der Waals surface area contributed by atoms with Crippen molar-refractivity contribution in [2.24, 2.45) is 0 Å². The number of amides is 1. The van der Waals surface area contributed by atoms with E-state index >= 15 is 0 Å². The summed E-state index contributed by atoms with van der Waals surface area (Å²) in [4.78, 5) is 33.9. The highest BCUT2D eigenvalue weighted by Crippen LogP contribution is 2.33. The third-order valence-corrected chi connectivity index (χ3v) is 4.54. The molecule has 0 fully saturated rings. The zero-order valence-corrected chi connectivity index (χ0v) is 15.1. The summed E-state index contributed by atoms with van der Waals surface area (Å²) in [6, 6.07) is 9.04. The predicted octanol–water partition coefficient (Wildman–Crippen LogP) is 2.50. The lowest BCUT2D eigenvalue weighted by atomic mass is 10.0. The van der Waals surface area contributed by atoms with E-state index in [4.69, 9.17) is 17.0 Å². The minimum atomic E-state index is -0.267. The molecule has 0 radical (unpaired) electrons. The Bertz CT molecular complexity index is 1120. The number of ether oxygens (including phenoxy) is 1. The maximum absolute atomic E-state index is 12.4. The van der Waals surface area contributed by atoms with Crippen LogP contribution in [0.3, 0.4) is 0 Å². The minimum Gasteiger partial charge on any atom is -0.440 e. The second kappa shape index (κ2) is 7.16. The van der Waals surface area contributed by atoms with Crippen LogP contribution in [0.25, 0.3) is 0 Å². The Labute approximate surface area is 159 Å². The monoisotopic (exact) mass is 380 g/mol. The van der Waals surface area contributed by atoms with Crippen molar-refractivity contribution in [1.82, 2.24) is 20.3 Å². The van der Waals surface area contributed by atoms with Crippen molar-refractivity contribution in [1.29, 1.82) is 0 Å². The lowest BCUT2D eigenvalue weighted by molar-refractivity contribution is 0.0953. The van der Waals surface area contributed by atoms with Crippen molar-refractivity contribution in [2.75, 3.05) is 6.54 Å². The number of carbonyl (C=O) groups is 1. The molecule has 8 heteroatoms. The fourth-order valence-corrected chi connectivity index (χ4v) is 3.13. The van der Waals surface area contributed by atoms with E-state index in [0.29, 0.717) is 42.1 Å². The number of benzene rings is 1. The first kappa shape index (κ1) is 17.2. The number of fused-ring (bicyclic) bond motifs is 2. The van der Waals surface area contributed by atoms with E-state index < -0.39 is 0 Å². The van der Waals surface area contributed by atoms with E-state index in [-0.39, 0.29) is 16.2 Å². The van der Waals surface area contributed by atoms with Gasteiger partial charge >= 0.3 is 0 Å². The van der Waals surface area contributed by atoms with Crippen molar-refractivity contribution in [3.8, 4) is 11.6 Å². The van der Waals surface area contributed by atoms with Gasteiger partial charge in [0.25, 0.3) is 11.5 Å². The number of pyridine rings is 1. The molecule has 0 atom stereocenters. The van der Waals surface area contributed by atoms with E-state index in [1.54, 1.807) is 30.6 Å². The number of aromatic nitrogens is 3. The molecule has 7 nitrogen and oxygen atoms in total. The fraction of sp³-hybridized carbons (Fsp3) is 0.158. The van der Waals surface area contributed by atoms with Crippen LogP contribution < -0.4 is 15.6 Å². The zero-order valence-electron chi connectivity index (χ0n) is 14.2. The summed E-state index contributed by atoms with van der Waals surface area (Å²) in [7, 11) is 0. The first-order valence-corrected chi connectivity index (χ1v) is 8.84. The molecule has 0 spiro atoms. The van der Waals surface area contributed by atoms with Gasteiger partial charge in [-0.05, 0) is 48.0 Å². The van der Waals surface area contributed by atoms with Crippen LogP contribution in [-0.2, 0) is 12.8 Å². The van der Waals surface area contributed by atoms with Crippen molar-refractivity contribution in [2.45, 2.75) is 12.8 Å². The lowest BCUT2D eigenvalue weighted by Gasteiger charge is -2.19. The van der Waals surface area contributed by atoms with Crippen LogP contribution in [0.15, 0.2) is 47.5 Å². The minimum absolute atomic E-state index is 0.185. The molecular formula is C19H16N4O3S. The average Bonchev–Trinajstić information content (AvgIpc) is 2.67. The van der Waals surface area contributed by atoms with E-state index in [2.05, 4.69) is 20.3 Å². The Morgan fingerprint density at radius 3 is 3.00 bits per heavy atom. The Hall–Kier alpha value is -3.26. The average molecular weight is 380 g/mol. The highest BCUT2D eigenvalue weighted by Gasteiger charge is 2.21. The number of hydrogen-bond donors (Lipinski definition) is 3. The van der Waals surface area contributed by atoms with Gasteiger partial charge in [0.05, 0.1) is 5.56 Å². The number of nitrogens with zero attached hydrogens (tertiary/aromatic N) is 1. The molecule has 0 saturated heterocycles. The SMILES string of the molecule is O=C(NCCc1cccnc1)c1ccc2c(c1)Oc1[nH]c(=S)[nH]c(=O)c1C2. The van der Waals surface area contributed by atoms with Gasteiger partial charge in [-0.1, -0.05) is 12.1 Å². The molecule has 3 heterocycles. The van der Waals surface area contributed by atoms with Crippen LogP contribution in [0.1, 0.15) is 27.0 Å². The van der Waals surface area contributed by atoms with E-state index in [9.17, 15) is 9.59 Å². The van der Waals surface area contributed by atoms with Crippen LogP contribution in [0, 0.1) is 4.77 Å². The van der Waals surface area contributed by atoms with Crippen LogP contribution >= 0.6 is 12.2 Å². The van der Waals surface area contributed by atoms with Gasteiger partial charge in [0.1, 0.15) is 5.75 Å². The highest BCUT2D eigenvalue weighted by atomic mass is 32.1. The summed E-state index contributed by atoms with van der Waals surface area (Å²) in [6.07, 6.45) is 4.61. The Kier molecular flexibility index (Phi) is 4.55. The standard InChI is InChI=1S/C19H16N4O3S/c24-16(21-7-5-11-2-1-6-20-10-11)13-4-3-12-8-14-17(25)22-19(27)23-18(14)26-15(12)9-13/h1-4,6,9-10H,5,7-8H2,(H,21,24)(H2,22,23,25,27). The highest BCUT2D eigenvalue weighted by molar-refractivity contribution is 7.71. The summed E-state index contributed by atoms with van der Waals surface area (Å²) < 4.78 is 5.97. The summed E-state index contributed by atoms with van der Waals surface area (Å²) in [6.45, 7) is 0.508. The van der Waals surface area contributed by atoms with Gasteiger partial charge in [0.2, 0.25) is 5.88 Å². The van der Waals surface area contributed by atoms with Gasteiger partial charge in [-0.25, -0.2) is 0 Å². The molecule has 136 valence electrons. The van der Waals surface area contributed by atoms with Gasteiger partial charge in [-0.2, -0.15) is 0 Å². The predicted molar refractivity (Wildman–Crippen MR) is 102 cm³/mol. The summed E-state index contributed by atoms with van der Waals surface area (Å²) in [5.74, 6) is 0.680. The number of hydrogen-bond acceptors (Lipinski definition) is 5. The van der Waals surface area contributed by atoms with Crippen molar-refractivity contribution < 1.29 is 9.53 Å². The van der Waals surface area contributed by atoms with E-state index in [0.717, 1.165) is 11.1 Å². The van der Waals surface area contributed by atoms with E-state index in [1.807, 2.05) is 12.1 Å². The largest absolute Gasteiger partial charge is 0.440 e. The molecule has 1 aromatic carbocycles. The fourth-order valence-electron chi connectivity index (χ4n) is 2.94.